The molecule has 1 amide bonds. The van der Waals surface area contributed by atoms with Crippen molar-refractivity contribution >= 4 is 16.8 Å². The molecule has 2 aromatic carbocycles. The first-order valence-electron chi connectivity index (χ1n) is 9.96. The van der Waals surface area contributed by atoms with Gasteiger partial charge in [0.1, 0.15) is 5.82 Å². The molecule has 1 aliphatic heterocycles. The molecule has 1 aromatic heterocycles. The Morgan fingerprint density at radius 1 is 1.14 bits per heavy atom. The first-order valence-corrected chi connectivity index (χ1v) is 9.96. The van der Waals surface area contributed by atoms with Gasteiger partial charge in [0.25, 0.3) is 11.5 Å². The number of aryl methyl sites for hydroxylation is 1. The SMILES string of the molecule is CC[C@@H]1CCCN(C(=O)c2ccc(-n3c(C)nc4ccccc4c3=O)cc2)C1. The molecule has 0 saturated carbocycles. The van der Waals surface area contributed by atoms with Crippen LogP contribution in [0.1, 0.15) is 42.4 Å². The summed E-state index contributed by atoms with van der Waals surface area (Å²) in [5, 5.41) is 0.590. The number of fused-ring (bicyclic) bond motifs is 1. The Hall–Kier alpha value is -2.95. The summed E-state index contributed by atoms with van der Waals surface area (Å²) < 4.78 is 1.60. The van der Waals surface area contributed by atoms with Gasteiger partial charge in [0.15, 0.2) is 0 Å². The molecule has 0 radical (unpaired) electrons. The molecule has 0 spiro atoms. The first-order chi connectivity index (χ1) is 13.6. The van der Waals surface area contributed by atoms with Gasteiger partial charge >= 0.3 is 0 Å². The van der Waals surface area contributed by atoms with Crippen LogP contribution < -0.4 is 5.56 Å². The number of carbonyl (C=O) groups excluding carboxylic acids is 1. The normalized spacial score (nSPS) is 17.1. The predicted octanol–water partition coefficient (Wildman–Crippen LogP) is 3.96. The molecule has 1 fully saturated rings. The zero-order valence-electron chi connectivity index (χ0n) is 16.4. The van der Waals surface area contributed by atoms with E-state index in [-0.39, 0.29) is 11.5 Å². The molecule has 28 heavy (non-hydrogen) atoms. The Morgan fingerprint density at radius 3 is 2.64 bits per heavy atom. The Balaban J connectivity index is 1.65. The van der Waals surface area contributed by atoms with E-state index in [1.807, 2.05) is 54.3 Å². The van der Waals surface area contributed by atoms with Crippen molar-refractivity contribution < 1.29 is 4.79 Å². The van der Waals surface area contributed by atoms with Crippen molar-refractivity contribution in [3.8, 4) is 5.69 Å². The average Bonchev–Trinajstić information content (AvgIpc) is 2.74. The van der Waals surface area contributed by atoms with Crippen molar-refractivity contribution in [3.05, 3.63) is 70.3 Å². The van der Waals surface area contributed by atoms with Gasteiger partial charge < -0.3 is 4.90 Å². The van der Waals surface area contributed by atoms with Crippen molar-refractivity contribution in [3.63, 3.8) is 0 Å². The van der Waals surface area contributed by atoms with Gasteiger partial charge in [0.05, 0.1) is 16.6 Å². The van der Waals surface area contributed by atoms with E-state index in [1.165, 1.54) is 6.42 Å². The Bertz CT molecular complexity index is 1070. The van der Waals surface area contributed by atoms with E-state index in [9.17, 15) is 9.59 Å². The second-order valence-corrected chi connectivity index (χ2v) is 7.53. The van der Waals surface area contributed by atoms with Crippen LogP contribution in [-0.4, -0.2) is 33.4 Å². The second-order valence-electron chi connectivity index (χ2n) is 7.53. The van der Waals surface area contributed by atoms with Crippen LogP contribution in [0.15, 0.2) is 53.3 Å². The van der Waals surface area contributed by atoms with Crippen LogP contribution in [0.3, 0.4) is 0 Å². The third kappa shape index (κ3) is 3.33. The molecule has 0 bridgehead atoms. The number of hydrogen-bond acceptors (Lipinski definition) is 3. The molecule has 0 aliphatic carbocycles. The first kappa shape index (κ1) is 18.4. The fourth-order valence-electron chi connectivity index (χ4n) is 4.07. The van der Waals surface area contributed by atoms with Gasteiger partial charge in [-0.05, 0) is 62.1 Å². The Kier molecular flexibility index (Phi) is 4.99. The lowest BCUT2D eigenvalue weighted by Gasteiger charge is -2.32. The Morgan fingerprint density at radius 2 is 1.89 bits per heavy atom. The van der Waals surface area contributed by atoms with Crippen molar-refractivity contribution in [2.75, 3.05) is 13.1 Å². The fourth-order valence-corrected chi connectivity index (χ4v) is 4.07. The van der Waals surface area contributed by atoms with Crippen LogP contribution in [0.4, 0.5) is 0 Å². The van der Waals surface area contributed by atoms with Gasteiger partial charge in [-0.25, -0.2) is 4.98 Å². The summed E-state index contributed by atoms with van der Waals surface area (Å²) in [5.41, 5.74) is 2.00. The zero-order chi connectivity index (χ0) is 19.7. The molecular formula is C23H25N3O2. The minimum atomic E-state index is -0.0935. The number of hydrogen-bond donors (Lipinski definition) is 0. The maximum absolute atomic E-state index is 12.9. The number of nitrogens with zero attached hydrogens (tertiary/aromatic N) is 3. The quantitative estimate of drug-likeness (QED) is 0.696. The van der Waals surface area contributed by atoms with Crippen molar-refractivity contribution in [1.82, 2.24) is 14.5 Å². The van der Waals surface area contributed by atoms with Gasteiger partial charge in [0.2, 0.25) is 0 Å². The standard InChI is InChI=1S/C23H25N3O2/c1-3-17-7-6-14-25(15-17)22(27)18-10-12-19(13-11-18)26-16(2)24-21-9-5-4-8-20(21)23(26)28/h4-5,8-13,17H,3,6-7,14-15H2,1-2H3/t17-/m1/s1. The van der Waals surface area contributed by atoms with Crippen LogP contribution in [0.25, 0.3) is 16.6 Å². The number of aromatic nitrogens is 2. The minimum Gasteiger partial charge on any atom is -0.338 e. The minimum absolute atomic E-state index is 0.0744. The molecule has 5 nitrogen and oxygen atoms in total. The second kappa shape index (κ2) is 7.58. The average molecular weight is 375 g/mol. The van der Waals surface area contributed by atoms with E-state index in [2.05, 4.69) is 11.9 Å². The number of benzene rings is 2. The molecule has 0 unspecified atom stereocenters. The lowest BCUT2D eigenvalue weighted by Crippen LogP contribution is -2.39. The smallest absolute Gasteiger partial charge is 0.265 e. The molecular weight excluding hydrogens is 350 g/mol. The lowest BCUT2D eigenvalue weighted by atomic mass is 9.95. The van der Waals surface area contributed by atoms with Gasteiger partial charge in [0, 0.05) is 18.7 Å². The van der Waals surface area contributed by atoms with Crippen LogP contribution in [0, 0.1) is 12.8 Å². The van der Waals surface area contributed by atoms with Gasteiger partial charge in [-0.3, -0.25) is 14.2 Å². The van der Waals surface area contributed by atoms with Gasteiger partial charge in [-0.15, -0.1) is 0 Å². The molecule has 1 aliphatic rings. The zero-order valence-corrected chi connectivity index (χ0v) is 16.4. The van der Waals surface area contributed by atoms with E-state index < -0.39 is 0 Å². The van der Waals surface area contributed by atoms with Crippen LogP contribution in [0.5, 0.6) is 0 Å². The highest BCUT2D eigenvalue weighted by molar-refractivity contribution is 5.94. The maximum atomic E-state index is 12.9. The summed E-state index contributed by atoms with van der Waals surface area (Å²) in [5.74, 6) is 1.30. The Labute approximate surface area is 164 Å². The highest BCUT2D eigenvalue weighted by atomic mass is 16.2. The van der Waals surface area contributed by atoms with E-state index in [4.69, 9.17) is 0 Å². The molecule has 4 rings (SSSR count). The molecule has 1 atom stereocenters. The third-order valence-corrected chi connectivity index (χ3v) is 5.70. The number of likely N-dealkylation sites (tertiary alicyclic amines) is 1. The number of para-hydroxylation sites is 1. The number of amides is 1. The summed E-state index contributed by atoms with van der Waals surface area (Å²) in [6.07, 6.45) is 3.38. The van der Waals surface area contributed by atoms with E-state index in [0.717, 1.165) is 31.6 Å². The summed E-state index contributed by atoms with van der Waals surface area (Å²) in [4.78, 5) is 32.3. The highest BCUT2D eigenvalue weighted by Crippen LogP contribution is 2.21. The molecule has 2 heterocycles. The number of carbonyl (C=O) groups is 1. The summed E-state index contributed by atoms with van der Waals surface area (Å²) >= 11 is 0. The summed E-state index contributed by atoms with van der Waals surface area (Å²) in [7, 11) is 0. The number of rotatable bonds is 3. The van der Waals surface area contributed by atoms with E-state index in [1.54, 1.807) is 10.6 Å². The predicted molar refractivity (Wildman–Crippen MR) is 111 cm³/mol. The van der Waals surface area contributed by atoms with Crippen molar-refractivity contribution in [1.29, 1.82) is 0 Å². The molecule has 144 valence electrons. The van der Waals surface area contributed by atoms with Crippen molar-refractivity contribution in [2.45, 2.75) is 33.1 Å². The van der Waals surface area contributed by atoms with Gasteiger partial charge in [-0.2, -0.15) is 0 Å². The lowest BCUT2D eigenvalue weighted by molar-refractivity contribution is 0.0671. The largest absolute Gasteiger partial charge is 0.338 e. The summed E-state index contributed by atoms with van der Waals surface area (Å²) in [6.45, 7) is 5.67. The van der Waals surface area contributed by atoms with Crippen LogP contribution in [-0.2, 0) is 0 Å². The summed E-state index contributed by atoms with van der Waals surface area (Å²) in [6, 6.07) is 14.6. The fraction of sp³-hybridized carbons (Fsp3) is 0.348. The monoisotopic (exact) mass is 375 g/mol. The molecule has 3 aromatic rings. The highest BCUT2D eigenvalue weighted by Gasteiger charge is 2.23. The van der Waals surface area contributed by atoms with E-state index in [0.29, 0.717) is 28.2 Å². The van der Waals surface area contributed by atoms with Crippen molar-refractivity contribution in [2.24, 2.45) is 5.92 Å². The third-order valence-electron chi connectivity index (χ3n) is 5.70. The molecule has 0 N–H and O–H groups in total. The maximum Gasteiger partial charge on any atom is 0.265 e. The topological polar surface area (TPSA) is 55.2 Å². The van der Waals surface area contributed by atoms with Gasteiger partial charge in [-0.1, -0.05) is 25.5 Å². The van der Waals surface area contributed by atoms with E-state index >= 15 is 0 Å². The molecule has 1 saturated heterocycles. The van der Waals surface area contributed by atoms with Crippen LogP contribution >= 0.6 is 0 Å². The molecule has 5 heteroatoms. The van der Waals surface area contributed by atoms with Crippen LogP contribution in [0.2, 0.25) is 0 Å². The number of piperidine rings is 1.